The van der Waals surface area contributed by atoms with Crippen LogP contribution in [0.25, 0.3) is 10.2 Å². The Kier molecular flexibility index (Phi) is 4.16. The summed E-state index contributed by atoms with van der Waals surface area (Å²) in [5.74, 6) is 1.06. The minimum Gasteiger partial charge on any atom is -0.469 e. The van der Waals surface area contributed by atoms with Crippen molar-refractivity contribution >= 4 is 39.3 Å². The number of nitrogens with zero attached hydrogens (tertiary/aromatic N) is 2. The Morgan fingerprint density at radius 3 is 2.95 bits per heavy atom. The SMILES string of the molecule is CNc1nc(NCCC(=O)OC)c2cc(C)sc2n1. The molecule has 6 nitrogen and oxygen atoms in total. The molecule has 0 aliphatic carbocycles. The maximum absolute atomic E-state index is 11.1. The summed E-state index contributed by atoms with van der Waals surface area (Å²) in [4.78, 5) is 22.0. The second-order valence-electron chi connectivity index (χ2n) is 3.97. The van der Waals surface area contributed by atoms with Crippen LogP contribution in [0.4, 0.5) is 11.8 Å². The van der Waals surface area contributed by atoms with Crippen molar-refractivity contribution < 1.29 is 9.53 Å². The number of carbonyl (C=O) groups is 1. The van der Waals surface area contributed by atoms with E-state index in [0.717, 1.165) is 16.0 Å². The zero-order chi connectivity index (χ0) is 13.8. The molecule has 0 radical (unpaired) electrons. The Balaban J connectivity index is 2.22. The summed E-state index contributed by atoms with van der Waals surface area (Å²) in [5.41, 5.74) is 0. The van der Waals surface area contributed by atoms with E-state index < -0.39 is 0 Å². The van der Waals surface area contributed by atoms with Gasteiger partial charge in [-0.05, 0) is 13.0 Å². The topological polar surface area (TPSA) is 76.1 Å². The molecule has 102 valence electrons. The molecule has 0 saturated carbocycles. The number of methoxy groups -OCH3 is 1. The van der Waals surface area contributed by atoms with E-state index >= 15 is 0 Å². The normalized spacial score (nSPS) is 10.5. The fourth-order valence-corrected chi connectivity index (χ4v) is 2.55. The Morgan fingerprint density at radius 1 is 1.47 bits per heavy atom. The smallest absolute Gasteiger partial charge is 0.307 e. The number of rotatable bonds is 5. The molecule has 0 bridgehead atoms. The third-order valence-corrected chi connectivity index (χ3v) is 3.53. The Hall–Kier alpha value is -1.89. The molecule has 2 aromatic rings. The number of hydrogen-bond acceptors (Lipinski definition) is 7. The van der Waals surface area contributed by atoms with Crippen LogP contribution in [-0.2, 0) is 9.53 Å². The van der Waals surface area contributed by atoms with Gasteiger partial charge < -0.3 is 15.4 Å². The number of ether oxygens (including phenoxy) is 1. The molecule has 0 atom stereocenters. The second-order valence-corrected chi connectivity index (χ2v) is 5.21. The number of esters is 1. The van der Waals surface area contributed by atoms with E-state index in [1.54, 1.807) is 18.4 Å². The molecule has 19 heavy (non-hydrogen) atoms. The van der Waals surface area contributed by atoms with Crippen LogP contribution in [0.5, 0.6) is 0 Å². The van der Waals surface area contributed by atoms with Crippen molar-refractivity contribution in [2.24, 2.45) is 0 Å². The summed E-state index contributed by atoms with van der Waals surface area (Å²) in [6.45, 7) is 2.51. The third kappa shape index (κ3) is 3.11. The highest BCUT2D eigenvalue weighted by atomic mass is 32.1. The van der Waals surface area contributed by atoms with Gasteiger partial charge in [0.05, 0.1) is 18.9 Å². The average molecular weight is 280 g/mol. The molecule has 0 aromatic carbocycles. The highest BCUT2D eigenvalue weighted by Crippen LogP contribution is 2.29. The van der Waals surface area contributed by atoms with Crippen molar-refractivity contribution in [1.29, 1.82) is 0 Å². The minimum atomic E-state index is -0.242. The Morgan fingerprint density at radius 2 is 2.26 bits per heavy atom. The van der Waals surface area contributed by atoms with Gasteiger partial charge in [-0.1, -0.05) is 0 Å². The predicted octanol–water partition coefficient (Wildman–Crippen LogP) is 2.02. The molecule has 2 rings (SSSR count). The molecule has 2 heterocycles. The maximum atomic E-state index is 11.1. The largest absolute Gasteiger partial charge is 0.469 e. The van der Waals surface area contributed by atoms with E-state index in [4.69, 9.17) is 0 Å². The number of aryl methyl sites for hydroxylation is 1. The molecular formula is C12H16N4O2S. The van der Waals surface area contributed by atoms with E-state index in [-0.39, 0.29) is 5.97 Å². The van der Waals surface area contributed by atoms with Gasteiger partial charge in [0.2, 0.25) is 5.95 Å². The fraction of sp³-hybridized carbons (Fsp3) is 0.417. The fourth-order valence-electron chi connectivity index (χ4n) is 1.67. The minimum absolute atomic E-state index is 0.242. The van der Waals surface area contributed by atoms with Gasteiger partial charge in [0.15, 0.2) is 0 Å². The molecule has 0 unspecified atom stereocenters. The van der Waals surface area contributed by atoms with Crippen molar-refractivity contribution in [2.45, 2.75) is 13.3 Å². The first-order valence-electron chi connectivity index (χ1n) is 5.90. The lowest BCUT2D eigenvalue weighted by atomic mass is 10.3. The number of hydrogen-bond donors (Lipinski definition) is 2. The zero-order valence-corrected chi connectivity index (χ0v) is 11.9. The molecule has 7 heteroatoms. The van der Waals surface area contributed by atoms with Gasteiger partial charge >= 0.3 is 5.97 Å². The number of fused-ring (bicyclic) bond motifs is 1. The number of anilines is 2. The van der Waals surface area contributed by atoms with E-state index in [9.17, 15) is 4.79 Å². The molecular weight excluding hydrogens is 264 g/mol. The van der Waals surface area contributed by atoms with Crippen LogP contribution in [-0.4, -0.2) is 36.6 Å². The molecule has 0 spiro atoms. The van der Waals surface area contributed by atoms with E-state index in [1.165, 1.54) is 12.0 Å². The van der Waals surface area contributed by atoms with Crippen LogP contribution in [0.3, 0.4) is 0 Å². The lowest BCUT2D eigenvalue weighted by molar-refractivity contribution is -0.140. The van der Waals surface area contributed by atoms with E-state index in [1.807, 2.05) is 13.0 Å². The summed E-state index contributed by atoms with van der Waals surface area (Å²) < 4.78 is 4.60. The van der Waals surface area contributed by atoms with Gasteiger partial charge in [-0.3, -0.25) is 4.79 Å². The van der Waals surface area contributed by atoms with Gasteiger partial charge in [0.1, 0.15) is 10.6 Å². The summed E-state index contributed by atoms with van der Waals surface area (Å²) >= 11 is 1.62. The van der Waals surface area contributed by atoms with Crippen LogP contribution in [0.1, 0.15) is 11.3 Å². The first-order valence-corrected chi connectivity index (χ1v) is 6.72. The van der Waals surface area contributed by atoms with Crippen LogP contribution >= 0.6 is 11.3 Å². The van der Waals surface area contributed by atoms with Crippen molar-refractivity contribution in [3.63, 3.8) is 0 Å². The van der Waals surface area contributed by atoms with Gasteiger partial charge in [0.25, 0.3) is 0 Å². The van der Waals surface area contributed by atoms with E-state index in [0.29, 0.717) is 18.9 Å². The average Bonchev–Trinajstić information content (AvgIpc) is 2.78. The summed E-state index contributed by atoms with van der Waals surface area (Å²) in [6.07, 6.45) is 0.306. The highest BCUT2D eigenvalue weighted by Gasteiger charge is 2.10. The first kappa shape index (κ1) is 13.5. The third-order valence-electron chi connectivity index (χ3n) is 2.59. The van der Waals surface area contributed by atoms with Crippen molar-refractivity contribution in [3.8, 4) is 0 Å². The monoisotopic (exact) mass is 280 g/mol. The summed E-state index contributed by atoms with van der Waals surface area (Å²) in [5, 5.41) is 7.07. The van der Waals surface area contributed by atoms with Gasteiger partial charge in [-0.2, -0.15) is 4.98 Å². The lowest BCUT2D eigenvalue weighted by Gasteiger charge is -2.07. The quantitative estimate of drug-likeness (QED) is 0.816. The lowest BCUT2D eigenvalue weighted by Crippen LogP contribution is -2.11. The van der Waals surface area contributed by atoms with Gasteiger partial charge in [-0.15, -0.1) is 11.3 Å². The van der Waals surface area contributed by atoms with Crippen molar-refractivity contribution in [1.82, 2.24) is 9.97 Å². The molecule has 2 aromatic heterocycles. The Bertz CT molecular complexity index is 597. The molecule has 2 N–H and O–H groups in total. The van der Waals surface area contributed by atoms with Crippen LogP contribution in [0.2, 0.25) is 0 Å². The maximum Gasteiger partial charge on any atom is 0.307 e. The van der Waals surface area contributed by atoms with Crippen molar-refractivity contribution in [2.75, 3.05) is 31.3 Å². The first-order chi connectivity index (χ1) is 9.13. The molecule has 0 amide bonds. The molecule has 0 fully saturated rings. The van der Waals surface area contributed by atoms with Gasteiger partial charge in [0, 0.05) is 18.5 Å². The number of aromatic nitrogens is 2. The number of nitrogens with one attached hydrogen (secondary N) is 2. The van der Waals surface area contributed by atoms with Crippen LogP contribution < -0.4 is 10.6 Å². The second kappa shape index (κ2) is 5.83. The highest BCUT2D eigenvalue weighted by molar-refractivity contribution is 7.18. The molecule has 0 saturated heterocycles. The Labute approximate surface area is 115 Å². The van der Waals surface area contributed by atoms with Crippen molar-refractivity contribution in [3.05, 3.63) is 10.9 Å². The zero-order valence-electron chi connectivity index (χ0n) is 11.1. The van der Waals surface area contributed by atoms with Crippen LogP contribution in [0.15, 0.2) is 6.07 Å². The summed E-state index contributed by atoms with van der Waals surface area (Å²) in [7, 11) is 3.16. The standard InChI is InChI=1S/C12H16N4O2S/c1-7-6-8-10(14-5-4-9(17)18-3)15-12(13-2)16-11(8)19-7/h6H,4-5H2,1-3H3,(H2,13,14,15,16). The van der Waals surface area contributed by atoms with E-state index in [2.05, 4.69) is 25.3 Å². The number of thiophene rings is 1. The number of carbonyl (C=O) groups excluding carboxylic acids is 1. The molecule has 0 aliphatic heterocycles. The van der Waals surface area contributed by atoms with Crippen LogP contribution in [0, 0.1) is 6.92 Å². The summed E-state index contributed by atoms with van der Waals surface area (Å²) in [6, 6.07) is 2.04. The van der Waals surface area contributed by atoms with Gasteiger partial charge in [-0.25, -0.2) is 4.98 Å². The predicted molar refractivity (Wildman–Crippen MR) is 76.8 cm³/mol. The molecule has 0 aliphatic rings.